The van der Waals surface area contributed by atoms with E-state index in [9.17, 15) is 4.79 Å². The van der Waals surface area contributed by atoms with Gasteiger partial charge in [-0.15, -0.1) is 0 Å². The molecule has 0 bridgehead atoms. The van der Waals surface area contributed by atoms with Crippen LogP contribution >= 0.6 is 11.3 Å². The van der Waals surface area contributed by atoms with Gasteiger partial charge in [0.2, 0.25) is 5.91 Å². The van der Waals surface area contributed by atoms with Crippen LogP contribution in [0.3, 0.4) is 0 Å². The van der Waals surface area contributed by atoms with Gasteiger partial charge < -0.3 is 19.9 Å². The van der Waals surface area contributed by atoms with Gasteiger partial charge in [0.15, 0.2) is 11.3 Å². The van der Waals surface area contributed by atoms with Crippen molar-refractivity contribution in [2.45, 2.75) is 6.42 Å². The molecule has 0 saturated carbocycles. The lowest BCUT2D eigenvalue weighted by molar-refractivity contribution is -0.119. The predicted octanol–water partition coefficient (Wildman–Crippen LogP) is 0.721. The number of anilines is 2. The third-order valence-electron chi connectivity index (χ3n) is 3.75. The second-order valence-electron chi connectivity index (χ2n) is 5.12. The second kappa shape index (κ2) is 6.28. The summed E-state index contributed by atoms with van der Waals surface area (Å²) in [5.74, 6) is -0.170. The number of ether oxygens (including phenoxy) is 1. The van der Waals surface area contributed by atoms with E-state index in [1.165, 1.54) is 11.3 Å². The van der Waals surface area contributed by atoms with Crippen molar-refractivity contribution in [3.63, 3.8) is 0 Å². The number of aromatic nitrogens is 1. The average Bonchev–Trinajstić information content (AvgIpc) is 3.17. The quantitative estimate of drug-likeness (QED) is 0.829. The van der Waals surface area contributed by atoms with Crippen molar-refractivity contribution in [2.24, 2.45) is 5.92 Å². The first-order chi connectivity index (χ1) is 10.3. The fourth-order valence-corrected chi connectivity index (χ4v) is 3.40. The second-order valence-corrected chi connectivity index (χ2v) is 6.13. The van der Waals surface area contributed by atoms with Crippen molar-refractivity contribution in [3.8, 4) is 6.19 Å². The predicted molar refractivity (Wildman–Crippen MR) is 79.1 cm³/mol. The molecule has 112 valence electrons. The summed E-state index contributed by atoms with van der Waals surface area (Å²) in [4.78, 5) is 20.2. The van der Waals surface area contributed by atoms with E-state index in [1.54, 1.807) is 11.1 Å². The molecule has 7 nitrogen and oxygen atoms in total. The molecule has 0 aliphatic carbocycles. The SMILES string of the molecule is N#CN1CC[C@@H](C(=O)Nc2ncc(N3CCOCC3)s2)C1. The summed E-state index contributed by atoms with van der Waals surface area (Å²) in [6.45, 7) is 4.33. The number of thiazole rings is 1. The first kappa shape index (κ1) is 14.1. The normalized spacial score (nSPS) is 22.1. The minimum Gasteiger partial charge on any atom is -0.378 e. The van der Waals surface area contributed by atoms with Crippen molar-refractivity contribution in [1.82, 2.24) is 9.88 Å². The molecule has 1 aromatic heterocycles. The van der Waals surface area contributed by atoms with E-state index in [0.29, 0.717) is 18.2 Å². The van der Waals surface area contributed by atoms with E-state index >= 15 is 0 Å². The first-order valence-electron chi connectivity index (χ1n) is 7.00. The molecule has 0 unspecified atom stereocenters. The van der Waals surface area contributed by atoms with Gasteiger partial charge in [0.05, 0.1) is 25.3 Å². The maximum Gasteiger partial charge on any atom is 0.231 e. The molecule has 0 radical (unpaired) electrons. The van der Waals surface area contributed by atoms with Crippen molar-refractivity contribution in [1.29, 1.82) is 5.26 Å². The molecule has 0 aromatic carbocycles. The maximum atomic E-state index is 12.1. The molecule has 1 N–H and O–H groups in total. The van der Waals surface area contributed by atoms with E-state index in [1.807, 2.05) is 0 Å². The molecule has 1 aromatic rings. The Morgan fingerprint density at radius 3 is 3.00 bits per heavy atom. The number of nitrogens with one attached hydrogen (secondary N) is 1. The fraction of sp³-hybridized carbons (Fsp3) is 0.615. The Balaban J connectivity index is 1.57. The Morgan fingerprint density at radius 2 is 2.29 bits per heavy atom. The number of nitrogens with zero attached hydrogens (tertiary/aromatic N) is 4. The molecule has 2 saturated heterocycles. The molecule has 2 aliphatic rings. The molecule has 21 heavy (non-hydrogen) atoms. The Kier molecular flexibility index (Phi) is 4.22. The molecule has 1 amide bonds. The zero-order chi connectivity index (χ0) is 14.7. The third-order valence-corrected chi connectivity index (χ3v) is 4.72. The molecule has 2 aliphatic heterocycles. The molecule has 8 heteroatoms. The number of morpholine rings is 1. The van der Waals surface area contributed by atoms with Gasteiger partial charge in [-0.2, -0.15) is 5.26 Å². The van der Waals surface area contributed by atoms with Gasteiger partial charge in [0.25, 0.3) is 0 Å². The van der Waals surface area contributed by atoms with Gasteiger partial charge in [-0.25, -0.2) is 4.98 Å². The van der Waals surface area contributed by atoms with Crippen LogP contribution in [0, 0.1) is 17.4 Å². The summed E-state index contributed by atoms with van der Waals surface area (Å²) in [5, 5.41) is 13.4. The Bertz CT molecular complexity index is 549. The van der Waals surface area contributed by atoms with Gasteiger partial charge in [-0.05, 0) is 6.42 Å². The van der Waals surface area contributed by atoms with Crippen molar-refractivity contribution in [2.75, 3.05) is 49.6 Å². The van der Waals surface area contributed by atoms with Crippen LogP contribution in [0.2, 0.25) is 0 Å². The summed E-state index contributed by atoms with van der Waals surface area (Å²) >= 11 is 1.48. The highest BCUT2D eigenvalue weighted by Crippen LogP contribution is 2.28. The van der Waals surface area contributed by atoms with Crippen molar-refractivity contribution < 1.29 is 9.53 Å². The zero-order valence-corrected chi connectivity index (χ0v) is 12.4. The van der Waals surface area contributed by atoms with Gasteiger partial charge in [-0.1, -0.05) is 11.3 Å². The summed E-state index contributed by atoms with van der Waals surface area (Å²) in [6, 6.07) is 0. The van der Waals surface area contributed by atoms with Crippen LogP contribution in [0.15, 0.2) is 6.20 Å². The zero-order valence-electron chi connectivity index (χ0n) is 11.6. The van der Waals surface area contributed by atoms with Gasteiger partial charge >= 0.3 is 0 Å². The van der Waals surface area contributed by atoms with E-state index in [-0.39, 0.29) is 11.8 Å². The molecule has 2 fully saturated rings. The highest BCUT2D eigenvalue weighted by atomic mass is 32.1. The van der Waals surface area contributed by atoms with Crippen molar-refractivity contribution >= 4 is 27.4 Å². The number of hydrogen-bond donors (Lipinski definition) is 1. The molecule has 3 heterocycles. The maximum absolute atomic E-state index is 12.1. The van der Waals surface area contributed by atoms with Crippen LogP contribution in [-0.4, -0.2) is 55.2 Å². The monoisotopic (exact) mass is 307 g/mol. The Labute approximate surface area is 127 Å². The van der Waals surface area contributed by atoms with Gasteiger partial charge in [-0.3, -0.25) is 4.79 Å². The van der Waals surface area contributed by atoms with Crippen LogP contribution < -0.4 is 10.2 Å². The lowest BCUT2D eigenvalue weighted by Gasteiger charge is -2.26. The van der Waals surface area contributed by atoms with E-state index in [2.05, 4.69) is 21.4 Å². The van der Waals surface area contributed by atoms with Crippen LogP contribution in [0.25, 0.3) is 0 Å². The highest BCUT2D eigenvalue weighted by Gasteiger charge is 2.28. The largest absolute Gasteiger partial charge is 0.378 e. The van der Waals surface area contributed by atoms with Crippen molar-refractivity contribution in [3.05, 3.63) is 6.20 Å². The van der Waals surface area contributed by atoms with E-state index < -0.39 is 0 Å². The Hall–Kier alpha value is -1.85. The topological polar surface area (TPSA) is 81.5 Å². The van der Waals surface area contributed by atoms with E-state index in [4.69, 9.17) is 10.00 Å². The number of carbonyl (C=O) groups excluding carboxylic acids is 1. The minimum absolute atomic E-state index is 0.0457. The standard InChI is InChI=1S/C13H17N5O2S/c14-9-17-2-1-10(8-17)12(19)16-13-15-7-11(21-13)18-3-5-20-6-4-18/h7,10H,1-6,8H2,(H,15,16,19)/t10-/m1/s1. The minimum atomic E-state index is -0.125. The number of rotatable bonds is 3. The fourth-order valence-electron chi connectivity index (χ4n) is 2.53. The third kappa shape index (κ3) is 3.25. The number of carbonyl (C=O) groups is 1. The van der Waals surface area contributed by atoms with Gasteiger partial charge in [0, 0.05) is 26.2 Å². The molecule has 1 atom stereocenters. The molecular weight excluding hydrogens is 290 g/mol. The molecule has 3 rings (SSSR count). The first-order valence-corrected chi connectivity index (χ1v) is 7.82. The smallest absolute Gasteiger partial charge is 0.231 e. The number of amides is 1. The number of hydrogen-bond acceptors (Lipinski definition) is 7. The van der Waals surface area contributed by atoms with Crippen LogP contribution in [0.5, 0.6) is 0 Å². The highest BCUT2D eigenvalue weighted by molar-refractivity contribution is 7.19. The lowest BCUT2D eigenvalue weighted by Crippen LogP contribution is -2.35. The lowest BCUT2D eigenvalue weighted by atomic mass is 10.1. The summed E-state index contributed by atoms with van der Waals surface area (Å²) in [7, 11) is 0. The van der Waals surface area contributed by atoms with Crippen LogP contribution in [0.1, 0.15) is 6.42 Å². The van der Waals surface area contributed by atoms with Crippen LogP contribution in [-0.2, 0) is 9.53 Å². The van der Waals surface area contributed by atoms with Crippen LogP contribution in [0.4, 0.5) is 10.1 Å². The number of nitriles is 1. The Morgan fingerprint density at radius 1 is 1.48 bits per heavy atom. The van der Waals surface area contributed by atoms with Gasteiger partial charge in [0.1, 0.15) is 5.00 Å². The summed E-state index contributed by atoms with van der Waals surface area (Å²) < 4.78 is 5.32. The average molecular weight is 307 g/mol. The number of likely N-dealkylation sites (tertiary alicyclic amines) is 1. The molecule has 0 spiro atoms. The summed E-state index contributed by atoms with van der Waals surface area (Å²) in [6.07, 6.45) is 4.60. The summed E-state index contributed by atoms with van der Waals surface area (Å²) in [5.41, 5.74) is 0. The van der Waals surface area contributed by atoms with E-state index in [0.717, 1.165) is 37.7 Å². The molecular formula is C13H17N5O2S.